The molecule has 23 heavy (non-hydrogen) atoms. The zero-order chi connectivity index (χ0) is 16.8. The molecular weight excluding hydrogens is 335 g/mol. The lowest BCUT2D eigenvalue weighted by Gasteiger charge is -2.11. The summed E-state index contributed by atoms with van der Waals surface area (Å²) in [5.41, 5.74) is 1.40. The van der Waals surface area contributed by atoms with Crippen LogP contribution in [0.15, 0.2) is 42.5 Å². The second-order valence-corrected chi connectivity index (χ2v) is 6.12. The van der Waals surface area contributed by atoms with Gasteiger partial charge in [-0.3, -0.25) is 4.79 Å². The summed E-state index contributed by atoms with van der Waals surface area (Å²) in [6, 6.07) is 12.3. The summed E-state index contributed by atoms with van der Waals surface area (Å²) in [4.78, 5) is 11.9. The van der Waals surface area contributed by atoms with Gasteiger partial charge in [0.1, 0.15) is 5.75 Å². The average molecular weight is 353 g/mol. The van der Waals surface area contributed by atoms with Crippen molar-refractivity contribution < 1.29 is 9.53 Å². The zero-order valence-electron chi connectivity index (χ0n) is 12.9. The van der Waals surface area contributed by atoms with Crippen LogP contribution < -0.4 is 15.4 Å². The van der Waals surface area contributed by atoms with E-state index in [1.807, 2.05) is 26.0 Å². The van der Waals surface area contributed by atoms with Gasteiger partial charge in [0.05, 0.1) is 12.6 Å². The van der Waals surface area contributed by atoms with Crippen LogP contribution in [0.4, 0.5) is 11.4 Å². The predicted octanol–water partition coefficient (Wildman–Crippen LogP) is 4.83. The largest absolute Gasteiger partial charge is 0.491 e. The standard InChI is InChI=1S/C17H18Cl2N2O2/c1-11(2)23-16-5-3-14(4-6-16)21-17(22)10-20-15-8-12(18)7-13(19)9-15/h3-9,11,20H,10H2,1-2H3,(H,21,22). The van der Waals surface area contributed by atoms with Crippen LogP contribution in [0.1, 0.15) is 13.8 Å². The van der Waals surface area contributed by atoms with Crippen molar-refractivity contribution in [2.75, 3.05) is 17.2 Å². The Morgan fingerprint density at radius 1 is 1.04 bits per heavy atom. The Morgan fingerprint density at radius 3 is 2.22 bits per heavy atom. The Morgan fingerprint density at radius 2 is 1.65 bits per heavy atom. The minimum Gasteiger partial charge on any atom is -0.491 e. The molecule has 0 radical (unpaired) electrons. The molecule has 2 N–H and O–H groups in total. The number of ether oxygens (including phenoxy) is 1. The van der Waals surface area contributed by atoms with Crippen molar-refractivity contribution in [3.63, 3.8) is 0 Å². The van der Waals surface area contributed by atoms with Gasteiger partial charge in [0.25, 0.3) is 0 Å². The van der Waals surface area contributed by atoms with Crippen molar-refractivity contribution in [3.8, 4) is 5.75 Å². The second-order valence-electron chi connectivity index (χ2n) is 5.25. The lowest BCUT2D eigenvalue weighted by atomic mass is 10.3. The molecule has 2 aromatic carbocycles. The van der Waals surface area contributed by atoms with Crippen LogP contribution in [0, 0.1) is 0 Å². The zero-order valence-corrected chi connectivity index (χ0v) is 14.4. The van der Waals surface area contributed by atoms with Gasteiger partial charge in [-0.1, -0.05) is 23.2 Å². The molecule has 0 aliphatic rings. The summed E-state index contributed by atoms with van der Waals surface area (Å²) >= 11 is 11.8. The van der Waals surface area contributed by atoms with E-state index in [9.17, 15) is 4.79 Å². The van der Waals surface area contributed by atoms with E-state index in [0.29, 0.717) is 21.4 Å². The smallest absolute Gasteiger partial charge is 0.243 e. The highest BCUT2D eigenvalue weighted by Crippen LogP contribution is 2.22. The highest BCUT2D eigenvalue weighted by Gasteiger charge is 2.04. The first-order valence-electron chi connectivity index (χ1n) is 7.19. The van der Waals surface area contributed by atoms with Crippen molar-refractivity contribution in [2.24, 2.45) is 0 Å². The minimum atomic E-state index is -0.168. The summed E-state index contributed by atoms with van der Waals surface area (Å²) in [5.74, 6) is 0.600. The number of hydrogen-bond donors (Lipinski definition) is 2. The molecule has 0 fully saturated rings. The number of carbonyl (C=O) groups is 1. The van der Waals surface area contributed by atoms with Crippen LogP contribution in [0.25, 0.3) is 0 Å². The second kappa shape index (κ2) is 8.09. The molecule has 0 atom stereocenters. The number of halogens is 2. The number of hydrogen-bond acceptors (Lipinski definition) is 3. The molecule has 6 heteroatoms. The fraction of sp³-hybridized carbons (Fsp3) is 0.235. The number of anilines is 2. The van der Waals surface area contributed by atoms with E-state index in [2.05, 4.69) is 10.6 Å². The molecule has 0 aromatic heterocycles. The Balaban J connectivity index is 1.87. The van der Waals surface area contributed by atoms with Gasteiger partial charge in [0.15, 0.2) is 0 Å². The van der Waals surface area contributed by atoms with Gasteiger partial charge in [0, 0.05) is 21.4 Å². The maximum atomic E-state index is 11.9. The van der Waals surface area contributed by atoms with Crippen molar-refractivity contribution in [2.45, 2.75) is 20.0 Å². The SMILES string of the molecule is CC(C)Oc1ccc(NC(=O)CNc2cc(Cl)cc(Cl)c2)cc1. The highest BCUT2D eigenvalue weighted by molar-refractivity contribution is 6.35. The quantitative estimate of drug-likeness (QED) is 0.782. The third-order valence-corrected chi connectivity index (χ3v) is 3.26. The molecule has 0 aliphatic carbocycles. The molecule has 0 unspecified atom stereocenters. The van der Waals surface area contributed by atoms with Gasteiger partial charge in [-0.2, -0.15) is 0 Å². The number of benzene rings is 2. The van der Waals surface area contributed by atoms with E-state index >= 15 is 0 Å². The van der Waals surface area contributed by atoms with E-state index in [-0.39, 0.29) is 18.6 Å². The molecule has 2 aromatic rings. The van der Waals surface area contributed by atoms with Crippen LogP contribution in [-0.4, -0.2) is 18.6 Å². The molecule has 0 aliphatic heterocycles. The van der Waals surface area contributed by atoms with Gasteiger partial charge < -0.3 is 15.4 Å². The number of nitrogens with one attached hydrogen (secondary N) is 2. The van der Waals surface area contributed by atoms with Gasteiger partial charge in [-0.05, 0) is 56.3 Å². The molecule has 1 amide bonds. The van der Waals surface area contributed by atoms with Crippen LogP contribution in [0.2, 0.25) is 10.0 Å². The van der Waals surface area contributed by atoms with Crippen molar-refractivity contribution in [1.82, 2.24) is 0 Å². The summed E-state index contributed by atoms with van der Waals surface area (Å²) in [6.07, 6.45) is 0.115. The Hall–Kier alpha value is -1.91. The molecule has 2 rings (SSSR count). The third kappa shape index (κ3) is 6.00. The molecule has 0 saturated carbocycles. The number of carbonyl (C=O) groups excluding carboxylic acids is 1. The lowest BCUT2D eigenvalue weighted by molar-refractivity contribution is -0.114. The fourth-order valence-electron chi connectivity index (χ4n) is 1.93. The van der Waals surface area contributed by atoms with E-state index in [1.165, 1.54) is 0 Å². The summed E-state index contributed by atoms with van der Waals surface area (Å²) in [5, 5.41) is 6.81. The maximum absolute atomic E-state index is 11.9. The van der Waals surface area contributed by atoms with Gasteiger partial charge >= 0.3 is 0 Å². The third-order valence-electron chi connectivity index (χ3n) is 2.83. The van der Waals surface area contributed by atoms with E-state index in [4.69, 9.17) is 27.9 Å². The molecule has 122 valence electrons. The van der Waals surface area contributed by atoms with E-state index in [0.717, 1.165) is 5.75 Å². The van der Waals surface area contributed by atoms with Gasteiger partial charge in [-0.25, -0.2) is 0 Å². The number of rotatable bonds is 6. The monoisotopic (exact) mass is 352 g/mol. The van der Waals surface area contributed by atoms with E-state index < -0.39 is 0 Å². The van der Waals surface area contributed by atoms with Crippen LogP contribution in [-0.2, 0) is 4.79 Å². The predicted molar refractivity (Wildman–Crippen MR) is 95.8 cm³/mol. The summed E-state index contributed by atoms with van der Waals surface area (Å²) in [6.45, 7) is 4.04. The minimum absolute atomic E-state index is 0.112. The topological polar surface area (TPSA) is 50.4 Å². The first-order chi connectivity index (χ1) is 10.9. The normalized spacial score (nSPS) is 10.5. The Labute approximate surface area is 145 Å². The molecular formula is C17H18Cl2N2O2. The van der Waals surface area contributed by atoms with Crippen LogP contribution >= 0.6 is 23.2 Å². The molecule has 0 spiro atoms. The number of amides is 1. The summed E-state index contributed by atoms with van der Waals surface area (Å²) < 4.78 is 5.55. The highest BCUT2D eigenvalue weighted by atomic mass is 35.5. The Bertz CT molecular complexity index is 653. The Kier molecular flexibility index (Phi) is 6.13. The first kappa shape index (κ1) is 17.4. The van der Waals surface area contributed by atoms with Crippen LogP contribution in [0.3, 0.4) is 0 Å². The fourth-order valence-corrected chi connectivity index (χ4v) is 2.46. The molecule has 0 saturated heterocycles. The summed E-state index contributed by atoms with van der Waals surface area (Å²) in [7, 11) is 0. The lowest BCUT2D eigenvalue weighted by Crippen LogP contribution is -2.21. The van der Waals surface area contributed by atoms with Crippen molar-refractivity contribution >= 4 is 40.5 Å². The van der Waals surface area contributed by atoms with Crippen LogP contribution in [0.5, 0.6) is 5.75 Å². The first-order valence-corrected chi connectivity index (χ1v) is 7.94. The molecule has 0 heterocycles. The van der Waals surface area contributed by atoms with Gasteiger partial charge in [0.2, 0.25) is 5.91 Å². The maximum Gasteiger partial charge on any atom is 0.243 e. The molecule has 0 bridgehead atoms. The average Bonchev–Trinajstić information content (AvgIpc) is 2.46. The van der Waals surface area contributed by atoms with Crippen molar-refractivity contribution in [3.05, 3.63) is 52.5 Å². The van der Waals surface area contributed by atoms with Gasteiger partial charge in [-0.15, -0.1) is 0 Å². The van der Waals surface area contributed by atoms with Crippen molar-refractivity contribution in [1.29, 1.82) is 0 Å². The van der Waals surface area contributed by atoms with E-state index in [1.54, 1.807) is 30.3 Å². The molecule has 4 nitrogen and oxygen atoms in total.